The van der Waals surface area contributed by atoms with E-state index in [1.165, 1.54) is 25.7 Å². The van der Waals surface area contributed by atoms with Crippen LogP contribution in [0.2, 0.25) is 0 Å². The number of hydrogen-bond acceptors (Lipinski definition) is 3. The van der Waals surface area contributed by atoms with Crippen molar-refractivity contribution in [1.82, 2.24) is 0 Å². The third-order valence-electron chi connectivity index (χ3n) is 3.57. The first kappa shape index (κ1) is 12.7. The first-order valence-electron chi connectivity index (χ1n) is 6.48. The Labute approximate surface area is 107 Å². The maximum atomic E-state index is 11.2. The minimum atomic E-state index is -0.952. The molecular weight excluding hydrogens is 228 g/mol. The van der Waals surface area contributed by atoms with Crippen molar-refractivity contribution in [3.63, 3.8) is 0 Å². The second kappa shape index (κ2) is 5.29. The molecule has 0 aliphatic carbocycles. The molecule has 1 saturated heterocycles. The number of nitrogen functional groups attached to an aromatic ring is 1. The second-order valence-corrected chi connectivity index (χ2v) is 4.93. The van der Waals surface area contributed by atoms with E-state index in [1.807, 2.05) is 13.0 Å². The van der Waals surface area contributed by atoms with Crippen LogP contribution in [0.4, 0.5) is 11.4 Å². The minimum absolute atomic E-state index is 0.217. The first-order valence-corrected chi connectivity index (χ1v) is 6.48. The number of nitrogens with two attached hydrogens (primary N) is 1. The van der Waals surface area contributed by atoms with E-state index < -0.39 is 5.97 Å². The van der Waals surface area contributed by atoms with Crippen molar-refractivity contribution in [2.75, 3.05) is 23.7 Å². The highest BCUT2D eigenvalue weighted by atomic mass is 16.4. The van der Waals surface area contributed by atoms with Gasteiger partial charge in [0.25, 0.3) is 0 Å². The van der Waals surface area contributed by atoms with Gasteiger partial charge in [-0.1, -0.05) is 12.8 Å². The fourth-order valence-corrected chi connectivity index (χ4v) is 2.47. The van der Waals surface area contributed by atoms with Crippen LogP contribution in [0.5, 0.6) is 0 Å². The van der Waals surface area contributed by atoms with Crippen LogP contribution in [-0.4, -0.2) is 24.2 Å². The Morgan fingerprint density at radius 1 is 1.22 bits per heavy atom. The summed E-state index contributed by atoms with van der Waals surface area (Å²) >= 11 is 0. The van der Waals surface area contributed by atoms with Crippen LogP contribution in [0, 0.1) is 6.92 Å². The summed E-state index contributed by atoms with van der Waals surface area (Å²) in [4.78, 5) is 13.4. The molecule has 1 aliphatic rings. The standard InChI is InChI=1S/C14H20N2O2/c1-10-8-11(9-12(13(10)15)14(17)18)16-6-4-2-3-5-7-16/h8-9H,2-7,15H2,1H3,(H,17,18). The summed E-state index contributed by atoms with van der Waals surface area (Å²) in [6.45, 7) is 3.87. The summed E-state index contributed by atoms with van der Waals surface area (Å²) in [6.07, 6.45) is 4.87. The maximum Gasteiger partial charge on any atom is 0.337 e. The quantitative estimate of drug-likeness (QED) is 0.790. The first-order chi connectivity index (χ1) is 8.59. The molecule has 0 unspecified atom stereocenters. The van der Waals surface area contributed by atoms with Crippen LogP contribution in [0.25, 0.3) is 0 Å². The third-order valence-corrected chi connectivity index (χ3v) is 3.57. The molecule has 0 spiro atoms. The van der Waals surface area contributed by atoms with Crippen molar-refractivity contribution < 1.29 is 9.90 Å². The molecule has 4 nitrogen and oxygen atoms in total. The molecule has 0 aromatic heterocycles. The van der Waals surface area contributed by atoms with E-state index in [2.05, 4.69) is 4.90 Å². The zero-order chi connectivity index (χ0) is 13.1. The van der Waals surface area contributed by atoms with Crippen LogP contribution in [0.1, 0.15) is 41.6 Å². The highest BCUT2D eigenvalue weighted by Gasteiger charge is 2.16. The SMILES string of the molecule is Cc1cc(N2CCCCCC2)cc(C(=O)O)c1N. The van der Waals surface area contributed by atoms with E-state index >= 15 is 0 Å². The number of benzene rings is 1. The van der Waals surface area contributed by atoms with Gasteiger partial charge in [0.2, 0.25) is 0 Å². The van der Waals surface area contributed by atoms with Crippen molar-refractivity contribution in [1.29, 1.82) is 0 Å². The van der Waals surface area contributed by atoms with Crippen molar-refractivity contribution in [2.24, 2.45) is 0 Å². The Hall–Kier alpha value is -1.71. The summed E-state index contributed by atoms with van der Waals surface area (Å²) in [5, 5.41) is 9.17. The summed E-state index contributed by atoms with van der Waals surface area (Å²) in [5.41, 5.74) is 8.24. The molecular formula is C14H20N2O2. The number of hydrogen-bond donors (Lipinski definition) is 2. The molecule has 0 radical (unpaired) electrons. The number of rotatable bonds is 2. The van der Waals surface area contributed by atoms with Gasteiger partial charge in [0.1, 0.15) is 0 Å². The molecule has 3 N–H and O–H groups in total. The number of aryl methyl sites for hydroxylation is 1. The van der Waals surface area contributed by atoms with E-state index in [0.717, 1.165) is 24.3 Å². The largest absolute Gasteiger partial charge is 0.478 e. The third kappa shape index (κ3) is 2.58. The predicted octanol–water partition coefficient (Wildman–Crippen LogP) is 2.66. The molecule has 0 atom stereocenters. The molecule has 98 valence electrons. The Kier molecular flexibility index (Phi) is 3.75. The Balaban J connectivity index is 2.35. The lowest BCUT2D eigenvalue weighted by molar-refractivity contribution is 0.0698. The maximum absolute atomic E-state index is 11.2. The van der Waals surface area contributed by atoms with Crippen molar-refractivity contribution >= 4 is 17.3 Å². The highest BCUT2D eigenvalue weighted by molar-refractivity contribution is 5.95. The van der Waals surface area contributed by atoms with Crippen molar-refractivity contribution in [3.8, 4) is 0 Å². The topological polar surface area (TPSA) is 66.6 Å². The molecule has 0 saturated carbocycles. The lowest BCUT2D eigenvalue weighted by Crippen LogP contribution is -2.24. The minimum Gasteiger partial charge on any atom is -0.478 e. The molecule has 0 bridgehead atoms. The zero-order valence-electron chi connectivity index (χ0n) is 10.8. The molecule has 18 heavy (non-hydrogen) atoms. The lowest BCUT2D eigenvalue weighted by atomic mass is 10.1. The van der Waals surface area contributed by atoms with Gasteiger partial charge < -0.3 is 15.7 Å². The average Bonchev–Trinajstić information content (AvgIpc) is 2.60. The summed E-state index contributed by atoms with van der Waals surface area (Å²) < 4.78 is 0. The van der Waals surface area contributed by atoms with E-state index in [9.17, 15) is 4.79 Å². The van der Waals surface area contributed by atoms with Gasteiger partial charge in [-0.2, -0.15) is 0 Å². The molecule has 4 heteroatoms. The molecule has 1 aromatic carbocycles. The van der Waals surface area contributed by atoms with Crippen LogP contribution in [-0.2, 0) is 0 Å². The van der Waals surface area contributed by atoms with Crippen LogP contribution < -0.4 is 10.6 Å². The number of nitrogens with zero attached hydrogens (tertiary/aromatic N) is 1. The highest BCUT2D eigenvalue weighted by Crippen LogP contribution is 2.27. The fraction of sp³-hybridized carbons (Fsp3) is 0.500. The van der Waals surface area contributed by atoms with Gasteiger partial charge in [0.05, 0.1) is 5.56 Å². The predicted molar refractivity (Wildman–Crippen MR) is 73.2 cm³/mol. The van der Waals surface area contributed by atoms with Crippen LogP contribution in [0.15, 0.2) is 12.1 Å². The Morgan fingerprint density at radius 2 is 1.83 bits per heavy atom. The number of carboxylic acid groups (broad SMARTS) is 1. The van der Waals surface area contributed by atoms with Gasteiger partial charge in [-0.3, -0.25) is 0 Å². The van der Waals surface area contributed by atoms with Gasteiger partial charge in [0.15, 0.2) is 0 Å². The molecule has 1 fully saturated rings. The number of carboxylic acids is 1. The summed E-state index contributed by atoms with van der Waals surface area (Å²) in [6, 6.07) is 3.70. The molecule has 0 amide bonds. The smallest absolute Gasteiger partial charge is 0.337 e. The molecule has 1 heterocycles. The van der Waals surface area contributed by atoms with Crippen molar-refractivity contribution in [2.45, 2.75) is 32.6 Å². The second-order valence-electron chi connectivity index (χ2n) is 4.93. The van der Waals surface area contributed by atoms with Gasteiger partial charge in [0, 0.05) is 24.5 Å². The van der Waals surface area contributed by atoms with Gasteiger partial charge in [-0.25, -0.2) is 4.79 Å². The van der Waals surface area contributed by atoms with E-state index in [1.54, 1.807) is 6.07 Å². The Morgan fingerprint density at radius 3 is 2.39 bits per heavy atom. The van der Waals surface area contributed by atoms with E-state index in [-0.39, 0.29) is 5.56 Å². The van der Waals surface area contributed by atoms with Crippen LogP contribution >= 0.6 is 0 Å². The number of carbonyl (C=O) groups is 1. The van der Waals surface area contributed by atoms with Gasteiger partial charge in [-0.15, -0.1) is 0 Å². The summed E-state index contributed by atoms with van der Waals surface area (Å²) in [7, 11) is 0. The summed E-state index contributed by atoms with van der Waals surface area (Å²) in [5.74, 6) is -0.952. The average molecular weight is 248 g/mol. The zero-order valence-corrected chi connectivity index (χ0v) is 10.8. The normalized spacial score (nSPS) is 16.4. The number of anilines is 2. The van der Waals surface area contributed by atoms with E-state index in [4.69, 9.17) is 10.8 Å². The van der Waals surface area contributed by atoms with Crippen molar-refractivity contribution in [3.05, 3.63) is 23.3 Å². The molecule has 1 aromatic rings. The Bertz CT molecular complexity index is 449. The van der Waals surface area contributed by atoms with Gasteiger partial charge in [-0.05, 0) is 37.5 Å². The fourth-order valence-electron chi connectivity index (χ4n) is 2.47. The number of aromatic carboxylic acids is 1. The molecule has 1 aliphatic heterocycles. The lowest BCUT2D eigenvalue weighted by Gasteiger charge is -2.24. The monoisotopic (exact) mass is 248 g/mol. The van der Waals surface area contributed by atoms with E-state index in [0.29, 0.717) is 5.69 Å². The molecule has 2 rings (SSSR count). The van der Waals surface area contributed by atoms with Gasteiger partial charge >= 0.3 is 5.97 Å². The van der Waals surface area contributed by atoms with Crippen LogP contribution in [0.3, 0.4) is 0 Å².